The molecule has 0 aromatic heterocycles. The number of methoxy groups -OCH3 is 1. The summed E-state index contributed by atoms with van der Waals surface area (Å²) in [6.07, 6.45) is 1.78. The predicted octanol–water partition coefficient (Wildman–Crippen LogP) is 2.56. The van der Waals surface area contributed by atoms with Gasteiger partial charge in [0.25, 0.3) is 0 Å². The van der Waals surface area contributed by atoms with Gasteiger partial charge in [-0.25, -0.2) is 0 Å². The van der Waals surface area contributed by atoms with Crippen molar-refractivity contribution in [1.29, 1.82) is 0 Å². The van der Waals surface area contributed by atoms with Crippen LogP contribution in [0.1, 0.15) is 25.3 Å². The van der Waals surface area contributed by atoms with Crippen molar-refractivity contribution in [3.8, 4) is 5.75 Å². The molecule has 4 heteroatoms. The van der Waals surface area contributed by atoms with Crippen molar-refractivity contribution in [3.05, 3.63) is 23.8 Å². The van der Waals surface area contributed by atoms with Crippen LogP contribution in [0.15, 0.2) is 18.2 Å². The largest absolute Gasteiger partial charge is 0.496 e. The first-order chi connectivity index (χ1) is 8.58. The number of benzene rings is 1. The summed E-state index contributed by atoms with van der Waals surface area (Å²) in [5, 5.41) is 8.61. The quantitative estimate of drug-likeness (QED) is 0.809. The zero-order chi connectivity index (χ0) is 13.5. The average Bonchev–Trinajstić information content (AvgIpc) is 2.37. The minimum Gasteiger partial charge on any atom is -0.496 e. The number of carboxylic acids is 1. The Morgan fingerprint density at radius 2 is 2.17 bits per heavy atom. The van der Waals surface area contributed by atoms with Crippen molar-refractivity contribution in [2.75, 3.05) is 25.6 Å². The Bertz CT molecular complexity index is 404. The van der Waals surface area contributed by atoms with Crippen LogP contribution < -0.4 is 9.64 Å². The van der Waals surface area contributed by atoms with Crippen LogP contribution in [-0.4, -0.2) is 31.8 Å². The van der Waals surface area contributed by atoms with Crippen LogP contribution in [-0.2, 0) is 11.2 Å². The van der Waals surface area contributed by atoms with E-state index in [0.29, 0.717) is 6.42 Å². The minimum atomic E-state index is -0.743. The second-order valence-corrected chi connectivity index (χ2v) is 4.27. The Labute approximate surface area is 108 Å². The molecule has 1 N–H and O–H groups in total. The number of aryl methyl sites for hydroxylation is 1. The smallest absolute Gasteiger partial charge is 0.303 e. The third-order valence-corrected chi connectivity index (χ3v) is 2.97. The van der Waals surface area contributed by atoms with Crippen molar-refractivity contribution in [3.63, 3.8) is 0 Å². The van der Waals surface area contributed by atoms with Crippen molar-refractivity contribution < 1.29 is 14.6 Å². The third kappa shape index (κ3) is 3.95. The summed E-state index contributed by atoms with van der Waals surface area (Å²) in [5.41, 5.74) is 2.26. The van der Waals surface area contributed by atoms with E-state index < -0.39 is 5.97 Å². The van der Waals surface area contributed by atoms with E-state index in [1.54, 1.807) is 7.11 Å². The first-order valence-electron chi connectivity index (χ1n) is 6.18. The molecule has 100 valence electrons. The Balaban J connectivity index is 2.67. The molecule has 0 atom stereocenters. The lowest BCUT2D eigenvalue weighted by atomic mass is 10.1. The molecule has 0 fully saturated rings. The first kappa shape index (κ1) is 14.4. The number of rotatable bonds is 7. The maximum absolute atomic E-state index is 10.5. The summed E-state index contributed by atoms with van der Waals surface area (Å²) in [4.78, 5) is 12.5. The predicted molar refractivity (Wildman–Crippen MR) is 72.5 cm³/mol. The topological polar surface area (TPSA) is 49.8 Å². The molecule has 1 aromatic carbocycles. The van der Waals surface area contributed by atoms with Crippen molar-refractivity contribution in [1.82, 2.24) is 0 Å². The molecule has 0 aliphatic heterocycles. The fraction of sp³-hybridized carbons (Fsp3) is 0.500. The zero-order valence-corrected chi connectivity index (χ0v) is 11.3. The fourth-order valence-corrected chi connectivity index (χ4v) is 1.88. The van der Waals surface area contributed by atoms with Crippen LogP contribution in [0.4, 0.5) is 5.69 Å². The monoisotopic (exact) mass is 251 g/mol. The molecule has 0 amide bonds. The molecule has 4 nitrogen and oxygen atoms in total. The highest BCUT2D eigenvalue weighted by molar-refractivity contribution is 5.66. The average molecular weight is 251 g/mol. The molecule has 0 aliphatic carbocycles. The number of hydrogen-bond donors (Lipinski definition) is 1. The second kappa shape index (κ2) is 6.89. The molecule has 0 bridgehead atoms. The van der Waals surface area contributed by atoms with Crippen LogP contribution in [0.25, 0.3) is 0 Å². The normalized spacial score (nSPS) is 10.2. The maximum Gasteiger partial charge on any atom is 0.303 e. The summed E-state index contributed by atoms with van der Waals surface area (Å²) in [6.45, 7) is 2.83. The number of ether oxygens (including phenoxy) is 1. The SMILES string of the molecule is CCc1cc(N(C)CCCC(=O)O)ccc1OC. The van der Waals surface area contributed by atoms with Crippen LogP contribution >= 0.6 is 0 Å². The van der Waals surface area contributed by atoms with Gasteiger partial charge in [0.1, 0.15) is 5.75 Å². The lowest BCUT2D eigenvalue weighted by Gasteiger charge is -2.20. The lowest BCUT2D eigenvalue weighted by molar-refractivity contribution is -0.137. The van der Waals surface area contributed by atoms with E-state index in [9.17, 15) is 4.79 Å². The molecular formula is C14H21NO3. The molecule has 1 aromatic rings. The third-order valence-electron chi connectivity index (χ3n) is 2.97. The van der Waals surface area contributed by atoms with Gasteiger partial charge in [0.05, 0.1) is 7.11 Å². The van der Waals surface area contributed by atoms with E-state index in [4.69, 9.17) is 9.84 Å². The summed E-state index contributed by atoms with van der Waals surface area (Å²) >= 11 is 0. The highest BCUT2D eigenvalue weighted by Gasteiger charge is 2.06. The maximum atomic E-state index is 10.5. The summed E-state index contributed by atoms with van der Waals surface area (Å²) in [5.74, 6) is 0.160. The van der Waals surface area contributed by atoms with Gasteiger partial charge in [-0.3, -0.25) is 4.79 Å². The van der Waals surface area contributed by atoms with Crippen LogP contribution in [0.2, 0.25) is 0 Å². The Morgan fingerprint density at radius 1 is 1.44 bits per heavy atom. The molecule has 0 spiro atoms. The van der Waals surface area contributed by atoms with Gasteiger partial charge in [0.15, 0.2) is 0 Å². The highest BCUT2D eigenvalue weighted by Crippen LogP contribution is 2.25. The number of nitrogens with zero attached hydrogens (tertiary/aromatic N) is 1. The molecule has 1 rings (SSSR count). The van der Waals surface area contributed by atoms with Crippen molar-refractivity contribution >= 4 is 11.7 Å². The zero-order valence-electron chi connectivity index (χ0n) is 11.3. The Morgan fingerprint density at radius 3 is 2.72 bits per heavy atom. The Kier molecular flexibility index (Phi) is 5.49. The van der Waals surface area contributed by atoms with Crippen LogP contribution in [0.3, 0.4) is 0 Å². The fourth-order valence-electron chi connectivity index (χ4n) is 1.88. The molecule has 0 aliphatic rings. The highest BCUT2D eigenvalue weighted by atomic mass is 16.5. The van der Waals surface area contributed by atoms with Gasteiger partial charge < -0.3 is 14.7 Å². The van der Waals surface area contributed by atoms with Gasteiger partial charge in [-0.2, -0.15) is 0 Å². The molecule has 0 unspecified atom stereocenters. The van der Waals surface area contributed by atoms with E-state index in [2.05, 4.69) is 17.9 Å². The van der Waals surface area contributed by atoms with Gasteiger partial charge in [-0.15, -0.1) is 0 Å². The summed E-state index contributed by atoms with van der Waals surface area (Å²) in [7, 11) is 3.65. The van der Waals surface area contributed by atoms with Gasteiger partial charge in [0.2, 0.25) is 0 Å². The van der Waals surface area contributed by atoms with Crippen molar-refractivity contribution in [2.24, 2.45) is 0 Å². The number of carboxylic acid groups (broad SMARTS) is 1. The summed E-state index contributed by atoms with van der Waals surface area (Å²) < 4.78 is 5.29. The van der Waals surface area contributed by atoms with E-state index in [-0.39, 0.29) is 6.42 Å². The molecule has 0 radical (unpaired) electrons. The standard InChI is InChI=1S/C14H21NO3/c1-4-11-10-12(7-8-13(11)18-3)15(2)9-5-6-14(16)17/h7-8,10H,4-6,9H2,1-3H3,(H,16,17). The molecule has 0 saturated carbocycles. The van der Waals surface area contributed by atoms with E-state index >= 15 is 0 Å². The first-order valence-corrected chi connectivity index (χ1v) is 6.18. The van der Waals surface area contributed by atoms with Gasteiger partial charge >= 0.3 is 5.97 Å². The second-order valence-electron chi connectivity index (χ2n) is 4.27. The molecule has 0 heterocycles. The van der Waals surface area contributed by atoms with Gasteiger partial charge in [-0.1, -0.05) is 6.92 Å². The van der Waals surface area contributed by atoms with E-state index in [1.165, 1.54) is 5.56 Å². The molecular weight excluding hydrogens is 230 g/mol. The van der Waals surface area contributed by atoms with E-state index in [0.717, 1.165) is 24.4 Å². The van der Waals surface area contributed by atoms with Crippen LogP contribution in [0.5, 0.6) is 5.75 Å². The number of hydrogen-bond acceptors (Lipinski definition) is 3. The van der Waals surface area contributed by atoms with Gasteiger partial charge in [0, 0.05) is 25.7 Å². The van der Waals surface area contributed by atoms with Crippen molar-refractivity contribution in [2.45, 2.75) is 26.2 Å². The minimum absolute atomic E-state index is 0.209. The number of anilines is 1. The van der Waals surface area contributed by atoms with E-state index in [1.807, 2.05) is 19.2 Å². The molecule has 0 saturated heterocycles. The molecule has 18 heavy (non-hydrogen) atoms. The number of carbonyl (C=O) groups is 1. The lowest BCUT2D eigenvalue weighted by Crippen LogP contribution is -2.19. The van der Waals surface area contributed by atoms with Crippen LogP contribution in [0, 0.1) is 0 Å². The Hall–Kier alpha value is -1.71. The number of aliphatic carboxylic acids is 1. The summed E-state index contributed by atoms with van der Waals surface area (Å²) in [6, 6.07) is 6.06. The van der Waals surface area contributed by atoms with Gasteiger partial charge in [-0.05, 0) is 36.6 Å².